The predicted octanol–water partition coefficient (Wildman–Crippen LogP) is 4.69. The average molecular weight is 356 g/mol. The number of aliphatic hydroxyl groups is 1. The SMILES string of the molecule is O[C@](CCN1CC2CCC(CC2)C1)(Cc1ccccc1)c1cccs1. The summed E-state index contributed by atoms with van der Waals surface area (Å²) >= 11 is 1.68. The van der Waals surface area contributed by atoms with Gasteiger partial charge in [0.15, 0.2) is 0 Å². The van der Waals surface area contributed by atoms with Gasteiger partial charge in [-0.05, 0) is 60.9 Å². The molecular weight excluding hydrogens is 326 g/mol. The van der Waals surface area contributed by atoms with E-state index in [1.54, 1.807) is 11.3 Å². The van der Waals surface area contributed by atoms with Crippen LogP contribution < -0.4 is 0 Å². The van der Waals surface area contributed by atoms with Crippen LogP contribution in [0.4, 0.5) is 0 Å². The van der Waals surface area contributed by atoms with Crippen LogP contribution in [0.3, 0.4) is 0 Å². The largest absolute Gasteiger partial charge is 0.384 e. The van der Waals surface area contributed by atoms with Crippen LogP contribution in [0, 0.1) is 11.8 Å². The van der Waals surface area contributed by atoms with Crippen molar-refractivity contribution >= 4 is 11.3 Å². The van der Waals surface area contributed by atoms with E-state index >= 15 is 0 Å². The monoisotopic (exact) mass is 355 g/mol. The summed E-state index contributed by atoms with van der Waals surface area (Å²) in [6.45, 7) is 3.49. The van der Waals surface area contributed by atoms with Crippen molar-refractivity contribution in [2.75, 3.05) is 19.6 Å². The molecule has 2 aromatic rings. The Balaban J connectivity index is 1.47. The molecule has 3 fully saturated rings. The Kier molecular flexibility index (Phi) is 5.25. The number of thiophene rings is 1. The normalized spacial score (nSPS) is 26.3. The fourth-order valence-electron chi connectivity index (χ4n) is 4.70. The van der Waals surface area contributed by atoms with Crippen LogP contribution in [-0.4, -0.2) is 29.6 Å². The molecule has 0 unspecified atom stereocenters. The van der Waals surface area contributed by atoms with Crippen LogP contribution in [0.25, 0.3) is 0 Å². The lowest BCUT2D eigenvalue weighted by molar-refractivity contribution is 0.0197. The quantitative estimate of drug-likeness (QED) is 0.812. The Morgan fingerprint density at radius 2 is 1.64 bits per heavy atom. The zero-order valence-electron chi connectivity index (χ0n) is 14.9. The van der Waals surface area contributed by atoms with Crippen molar-refractivity contribution in [2.45, 2.75) is 44.1 Å². The van der Waals surface area contributed by atoms with Gasteiger partial charge in [0, 0.05) is 30.9 Å². The Morgan fingerprint density at radius 1 is 0.960 bits per heavy atom. The highest BCUT2D eigenvalue weighted by atomic mass is 32.1. The molecule has 1 atom stereocenters. The van der Waals surface area contributed by atoms with Gasteiger partial charge in [-0.25, -0.2) is 0 Å². The summed E-state index contributed by atoms with van der Waals surface area (Å²) in [5.41, 5.74) is 0.468. The van der Waals surface area contributed by atoms with Crippen LogP contribution in [0.5, 0.6) is 0 Å². The first-order valence-corrected chi connectivity index (χ1v) is 10.6. The first-order chi connectivity index (χ1) is 12.2. The van der Waals surface area contributed by atoms with Gasteiger partial charge in [-0.1, -0.05) is 36.4 Å². The molecule has 2 nitrogen and oxygen atoms in total. The van der Waals surface area contributed by atoms with Gasteiger partial charge in [-0.15, -0.1) is 11.3 Å². The molecule has 0 spiro atoms. The highest BCUT2D eigenvalue weighted by molar-refractivity contribution is 7.10. The molecule has 2 saturated heterocycles. The summed E-state index contributed by atoms with van der Waals surface area (Å²) in [5.74, 6) is 1.78. The minimum atomic E-state index is -0.749. The first kappa shape index (κ1) is 17.3. The highest BCUT2D eigenvalue weighted by Crippen LogP contribution is 2.36. The average Bonchev–Trinajstić information content (AvgIpc) is 3.03. The minimum absolute atomic E-state index is 0.703. The zero-order valence-corrected chi connectivity index (χ0v) is 15.8. The molecule has 1 aromatic heterocycles. The molecular formula is C22H29NOS. The lowest BCUT2D eigenvalue weighted by atomic mass is 9.84. The van der Waals surface area contributed by atoms with Crippen molar-refractivity contribution in [1.29, 1.82) is 0 Å². The van der Waals surface area contributed by atoms with Crippen molar-refractivity contribution in [3.63, 3.8) is 0 Å². The van der Waals surface area contributed by atoms with Gasteiger partial charge in [0.1, 0.15) is 5.60 Å². The maximum atomic E-state index is 11.6. The van der Waals surface area contributed by atoms with Crippen LogP contribution in [0.2, 0.25) is 0 Å². The zero-order chi connectivity index (χ0) is 17.1. The van der Waals surface area contributed by atoms with Crippen molar-refractivity contribution in [3.8, 4) is 0 Å². The van der Waals surface area contributed by atoms with Crippen molar-refractivity contribution < 1.29 is 5.11 Å². The Labute approximate surface area is 155 Å². The van der Waals surface area contributed by atoms with Gasteiger partial charge < -0.3 is 10.0 Å². The molecule has 1 N–H and O–H groups in total. The van der Waals surface area contributed by atoms with Crippen molar-refractivity contribution in [3.05, 3.63) is 58.3 Å². The van der Waals surface area contributed by atoms with E-state index < -0.39 is 5.60 Å². The van der Waals surface area contributed by atoms with Gasteiger partial charge in [0.25, 0.3) is 0 Å². The maximum absolute atomic E-state index is 11.6. The number of fused-ring (bicyclic) bond motifs is 4. The Bertz CT molecular complexity index is 634. The van der Waals surface area contributed by atoms with E-state index in [1.807, 2.05) is 6.07 Å². The van der Waals surface area contributed by atoms with E-state index in [9.17, 15) is 5.11 Å². The molecule has 25 heavy (non-hydrogen) atoms. The second kappa shape index (κ2) is 7.61. The lowest BCUT2D eigenvalue weighted by Crippen LogP contribution is -2.36. The molecule has 3 heteroatoms. The molecule has 0 radical (unpaired) electrons. The maximum Gasteiger partial charge on any atom is 0.104 e. The smallest absolute Gasteiger partial charge is 0.104 e. The molecule has 2 bridgehead atoms. The lowest BCUT2D eigenvalue weighted by Gasteiger charge is -2.31. The van der Waals surface area contributed by atoms with Crippen LogP contribution in [0.15, 0.2) is 47.8 Å². The molecule has 0 amide bonds. The van der Waals surface area contributed by atoms with Gasteiger partial charge in [0.2, 0.25) is 0 Å². The van der Waals surface area contributed by atoms with Crippen LogP contribution in [-0.2, 0) is 12.0 Å². The van der Waals surface area contributed by atoms with E-state index in [4.69, 9.17) is 0 Å². The van der Waals surface area contributed by atoms with E-state index in [0.717, 1.165) is 29.7 Å². The highest BCUT2D eigenvalue weighted by Gasteiger charge is 2.34. The van der Waals surface area contributed by atoms with Gasteiger partial charge >= 0.3 is 0 Å². The van der Waals surface area contributed by atoms with E-state index in [-0.39, 0.29) is 0 Å². The Morgan fingerprint density at radius 3 is 2.24 bits per heavy atom. The summed E-state index contributed by atoms with van der Waals surface area (Å²) in [6, 6.07) is 14.6. The summed E-state index contributed by atoms with van der Waals surface area (Å²) in [7, 11) is 0. The van der Waals surface area contributed by atoms with E-state index in [0.29, 0.717) is 6.42 Å². The summed E-state index contributed by atoms with van der Waals surface area (Å²) in [6.07, 6.45) is 7.19. The second-order valence-corrected chi connectivity index (χ2v) is 9.02. The molecule has 1 saturated carbocycles. The molecule has 3 aliphatic rings. The second-order valence-electron chi connectivity index (χ2n) is 8.07. The Hall–Kier alpha value is -1.16. The molecule has 1 aromatic carbocycles. The molecule has 2 aliphatic heterocycles. The van der Waals surface area contributed by atoms with Crippen molar-refractivity contribution in [2.24, 2.45) is 11.8 Å². The summed E-state index contributed by atoms with van der Waals surface area (Å²) in [4.78, 5) is 3.74. The molecule has 3 heterocycles. The molecule has 134 valence electrons. The van der Waals surface area contributed by atoms with E-state index in [1.165, 1.54) is 44.3 Å². The van der Waals surface area contributed by atoms with Crippen LogP contribution >= 0.6 is 11.3 Å². The number of hydrogen-bond donors (Lipinski definition) is 1. The third-order valence-corrected chi connectivity index (χ3v) is 7.22. The van der Waals surface area contributed by atoms with Gasteiger partial charge in [-0.2, -0.15) is 0 Å². The number of rotatable bonds is 6. The van der Waals surface area contributed by atoms with Crippen molar-refractivity contribution in [1.82, 2.24) is 4.90 Å². The topological polar surface area (TPSA) is 23.5 Å². The fraction of sp³-hybridized carbons (Fsp3) is 0.545. The summed E-state index contributed by atoms with van der Waals surface area (Å²) < 4.78 is 0. The van der Waals surface area contributed by atoms with Gasteiger partial charge in [0.05, 0.1) is 0 Å². The standard InChI is InChI=1S/C22H29NOS/c24-22(21-7-4-14-25-21,15-18-5-2-1-3-6-18)12-13-23-16-19-8-9-20(17-23)11-10-19/h1-7,14,19-20,24H,8-13,15-17H2/t19?,20?,22-/m1/s1. The van der Waals surface area contributed by atoms with E-state index in [2.05, 4.69) is 46.7 Å². The minimum Gasteiger partial charge on any atom is -0.384 e. The molecule has 1 aliphatic carbocycles. The number of nitrogens with zero attached hydrogens (tertiary/aromatic N) is 1. The number of hydrogen-bond acceptors (Lipinski definition) is 3. The third kappa shape index (κ3) is 4.16. The third-order valence-electron chi connectivity index (χ3n) is 6.16. The summed E-state index contributed by atoms with van der Waals surface area (Å²) in [5, 5.41) is 13.6. The van der Waals surface area contributed by atoms with Gasteiger partial charge in [-0.3, -0.25) is 0 Å². The van der Waals surface area contributed by atoms with Crippen LogP contribution in [0.1, 0.15) is 42.5 Å². The number of benzene rings is 1. The first-order valence-electron chi connectivity index (χ1n) is 9.74. The predicted molar refractivity (Wildman–Crippen MR) is 105 cm³/mol. The molecule has 5 rings (SSSR count). The fourth-order valence-corrected chi connectivity index (χ4v) is 5.56.